The molecule has 1 unspecified atom stereocenters. The summed E-state index contributed by atoms with van der Waals surface area (Å²) < 4.78 is 0. The van der Waals surface area contributed by atoms with Gasteiger partial charge in [-0.25, -0.2) is 4.98 Å². The van der Waals surface area contributed by atoms with Crippen LogP contribution in [0.2, 0.25) is 0 Å². The van der Waals surface area contributed by atoms with Crippen LogP contribution in [0.5, 0.6) is 0 Å². The number of rotatable bonds is 5. The third kappa shape index (κ3) is 3.42. The summed E-state index contributed by atoms with van der Waals surface area (Å²) in [5.41, 5.74) is 1.43. The van der Waals surface area contributed by atoms with E-state index < -0.39 is 0 Å². The molecular weight excluding hydrogens is 278 g/mol. The summed E-state index contributed by atoms with van der Waals surface area (Å²) in [7, 11) is 0. The van der Waals surface area contributed by atoms with E-state index in [1.54, 1.807) is 0 Å². The Morgan fingerprint density at radius 1 is 1.14 bits per heavy atom. The van der Waals surface area contributed by atoms with Crippen molar-refractivity contribution < 1.29 is 0 Å². The summed E-state index contributed by atoms with van der Waals surface area (Å²) in [4.78, 5) is 9.15. The summed E-state index contributed by atoms with van der Waals surface area (Å²) in [6, 6.07) is 0.793. The summed E-state index contributed by atoms with van der Waals surface area (Å²) in [6.45, 7) is 5.86. The van der Waals surface area contributed by atoms with Gasteiger partial charge in [0.15, 0.2) is 5.13 Å². The average molecular weight is 305 g/mol. The van der Waals surface area contributed by atoms with Gasteiger partial charge < -0.3 is 10.2 Å². The molecule has 0 spiro atoms. The predicted octanol–water partition coefficient (Wildman–Crippen LogP) is 3.90. The van der Waals surface area contributed by atoms with Gasteiger partial charge in [-0.2, -0.15) is 0 Å². The number of nitrogens with one attached hydrogen (secondary N) is 1. The molecule has 3 nitrogen and oxygen atoms in total. The molecule has 1 atom stereocenters. The van der Waals surface area contributed by atoms with Crippen LogP contribution in [0.3, 0.4) is 0 Å². The maximum Gasteiger partial charge on any atom is 0.185 e. The van der Waals surface area contributed by atoms with Gasteiger partial charge in [0.2, 0.25) is 0 Å². The summed E-state index contributed by atoms with van der Waals surface area (Å²) in [6.07, 6.45) is 9.49. The summed E-state index contributed by atoms with van der Waals surface area (Å²) in [5.74, 6) is 1.66. The fraction of sp³-hybridized carbons (Fsp3) is 0.824. The molecular formula is C17H27N3S. The van der Waals surface area contributed by atoms with Crippen LogP contribution in [-0.2, 0) is 6.54 Å². The average Bonchev–Trinajstić information content (AvgIpc) is 3.36. The van der Waals surface area contributed by atoms with E-state index in [4.69, 9.17) is 4.98 Å². The van der Waals surface area contributed by atoms with Crippen molar-refractivity contribution in [1.82, 2.24) is 10.3 Å². The van der Waals surface area contributed by atoms with Gasteiger partial charge in [0.05, 0.1) is 5.69 Å². The fourth-order valence-corrected chi connectivity index (χ4v) is 4.42. The zero-order valence-electron chi connectivity index (χ0n) is 13.1. The maximum absolute atomic E-state index is 5.07. The minimum atomic E-state index is 0.775. The molecule has 3 fully saturated rings. The molecule has 1 aromatic rings. The van der Waals surface area contributed by atoms with Crippen molar-refractivity contribution >= 4 is 16.5 Å². The van der Waals surface area contributed by atoms with Crippen LogP contribution in [-0.4, -0.2) is 24.1 Å². The van der Waals surface area contributed by atoms with Gasteiger partial charge in [0, 0.05) is 36.5 Å². The van der Waals surface area contributed by atoms with Crippen LogP contribution in [0.15, 0.2) is 0 Å². The highest BCUT2D eigenvalue weighted by atomic mass is 32.1. The quantitative estimate of drug-likeness (QED) is 0.894. The first-order valence-corrected chi connectivity index (χ1v) is 9.59. The number of anilines is 1. The molecule has 3 aliphatic rings. The highest BCUT2D eigenvalue weighted by molar-refractivity contribution is 7.15. The number of aromatic nitrogens is 1. The SMILES string of the molecule is CC1CCCN(c2nc(C3CC3)c(CNC3CC3)s2)CC1. The van der Waals surface area contributed by atoms with Gasteiger partial charge in [-0.3, -0.25) is 0 Å². The Bertz CT molecular complexity index is 490. The highest BCUT2D eigenvalue weighted by Crippen LogP contribution is 2.44. The Kier molecular flexibility index (Phi) is 3.92. The zero-order valence-corrected chi connectivity index (χ0v) is 13.9. The van der Waals surface area contributed by atoms with Crippen LogP contribution >= 0.6 is 11.3 Å². The molecule has 1 aromatic heterocycles. The van der Waals surface area contributed by atoms with Gasteiger partial charge >= 0.3 is 0 Å². The van der Waals surface area contributed by atoms with E-state index in [2.05, 4.69) is 17.1 Å². The number of hydrogen-bond acceptors (Lipinski definition) is 4. The number of hydrogen-bond donors (Lipinski definition) is 1. The largest absolute Gasteiger partial charge is 0.348 e. The van der Waals surface area contributed by atoms with Gasteiger partial charge in [0.25, 0.3) is 0 Å². The smallest absolute Gasteiger partial charge is 0.185 e. The molecule has 116 valence electrons. The third-order valence-electron chi connectivity index (χ3n) is 5.10. The minimum absolute atomic E-state index is 0.775. The Hall–Kier alpha value is -0.610. The monoisotopic (exact) mass is 305 g/mol. The number of nitrogens with zero attached hydrogens (tertiary/aromatic N) is 2. The molecule has 21 heavy (non-hydrogen) atoms. The molecule has 2 aliphatic carbocycles. The molecule has 0 aromatic carbocycles. The zero-order chi connectivity index (χ0) is 14.2. The lowest BCUT2D eigenvalue weighted by atomic mass is 10.0. The van der Waals surface area contributed by atoms with Crippen molar-refractivity contribution in [3.8, 4) is 0 Å². The molecule has 0 radical (unpaired) electrons. The Morgan fingerprint density at radius 3 is 2.76 bits per heavy atom. The van der Waals surface area contributed by atoms with Crippen molar-refractivity contribution in [3.05, 3.63) is 10.6 Å². The first-order chi connectivity index (χ1) is 10.3. The van der Waals surface area contributed by atoms with E-state index in [-0.39, 0.29) is 0 Å². The fourth-order valence-electron chi connectivity index (χ4n) is 3.27. The van der Waals surface area contributed by atoms with E-state index in [9.17, 15) is 0 Å². The lowest BCUT2D eigenvalue weighted by Gasteiger charge is -2.18. The Balaban J connectivity index is 1.49. The molecule has 2 saturated carbocycles. The molecule has 4 rings (SSSR count). The van der Waals surface area contributed by atoms with Crippen LogP contribution in [0.1, 0.15) is 68.4 Å². The van der Waals surface area contributed by atoms with E-state index in [1.807, 2.05) is 11.3 Å². The van der Waals surface area contributed by atoms with Crippen molar-refractivity contribution in [3.63, 3.8) is 0 Å². The first kappa shape index (κ1) is 14.0. The Labute approximate surface area is 132 Å². The van der Waals surface area contributed by atoms with E-state index in [1.165, 1.54) is 73.7 Å². The van der Waals surface area contributed by atoms with E-state index in [0.717, 1.165) is 24.4 Å². The molecule has 1 N–H and O–H groups in total. The maximum atomic E-state index is 5.07. The number of thiazole rings is 1. The van der Waals surface area contributed by atoms with Gasteiger partial charge in [-0.05, 0) is 50.9 Å². The van der Waals surface area contributed by atoms with Crippen LogP contribution in [0.25, 0.3) is 0 Å². The third-order valence-corrected chi connectivity index (χ3v) is 6.23. The lowest BCUT2D eigenvalue weighted by Crippen LogP contribution is -2.23. The van der Waals surface area contributed by atoms with Gasteiger partial charge in [-0.15, -0.1) is 11.3 Å². The molecule has 1 aliphatic heterocycles. The Morgan fingerprint density at radius 2 is 2.00 bits per heavy atom. The van der Waals surface area contributed by atoms with Crippen molar-refractivity contribution in [2.45, 2.75) is 70.4 Å². The van der Waals surface area contributed by atoms with Crippen LogP contribution in [0.4, 0.5) is 5.13 Å². The lowest BCUT2D eigenvalue weighted by molar-refractivity contribution is 0.521. The normalized spacial score (nSPS) is 26.9. The van der Waals surface area contributed by atoms with E-state index >= 15 is 0 Å². The summed E-state index contributed by atoms with van der Waals surface area (Å²) >= 11 is 1.97. The van der Waals surface area contributed by atoms with Gasteiger partial charge in [0.1, 0.15) is 0 Å². The molecule has 2 heterocycles. The molecule has 0 bridgehead atoms. The standard InChI is InChI=1S/C17H27N3S/c1-12-3-2-9-20(10-8-12)17-19-16(13-4-5-13)15(21-17)11-18-14-6-7-14/h12-14,18H,2-11H2,1H3. The first-order valence-electron chi connectivity index (χ1n) is 8.77. The van der Waals surface area contributed by atoms with Crippen molar-refractivity contribution in [1.29, 1.82) is 0 Å². The molecule has 1 saturated heterocycles. The second-order valence-corrected chi connectivity index (χ2v) is 8.32. The minimum Gasteiger partial charge on any atom is -0.348 e. The van der Waals surface area contributed by atoms with Crippen LogP contribution in [0, 0.1) is 5.92 Å². The predicted molar refractivity (Wildman–Crippen MR) is 89.2 cm³/mol. The summed E-state index contributed by atoms with van der Waals surface area (Å²) in [5, 5.41) is 4.99. The highest BCUT2D eigenvalue weighted by Gasteiger charge is 2.31. The second-order valence-electron chi connectivity index (χ2n) is 7.26. The van der Waals surface area contributed by atoms with Crippen molar-refractivity contribution in [2.75, 3.05) is 18.0 Å². The van der Waals surface area contributed by atoms with Gasteiger partial charge in [-0.1, -0.05) is 6.92 Å². The van der Waals surface area contributed by atoms with E-state index in [0.29, 0.717) is 0 Å². The van der Waals surface area contributed by atoms with Crippen molar-refractivity contribution in [2.24, 2.45) is 5.92 Å². The molecule has 0 amide bonds. The second kappa shape index (κ2) is 5.88. The topological polar surface area (TPSA) is 28.2 Å². The molecule has 4 heteroatoms. The van der Waals surface area contributed by atoms with Crippen LogP contribution < -0.4 is 10.2 Å².